The molecular weight excluding hydrogens is 352 g/mol. The molecule has 0 aliphatic carbocycles. The van der Waals surface area contributed by atoms with Gasteiger partial charge in [-0.1, -0.05) is 15.9 Å². The standard InChI is InChI=1S/C11H13BrN2O5S/c1-6-4-7(2-3-8(6)12)20(18,19)14-9(11(16)17)5-10(13)15/h2-4,9,14H,5H2,1H3,(H2,13,15)(H,16,17)/t9-/m1/s1. The maximum atomic E-state index is 12.1. The van der Waals surface area contributed by atoms with Crippen molar-refractivity contribution in [2.45, 2.75) is 24.3 Å². The molecule has 0 bridgehead atoms. The van der Waals surface area contributed by atoms with Gasteiger partial charge in [-0.25, -0.2) is 8.42 Å². The van der Waals surface area contributed by atoms with Gasteiger partial charge in [-0.3, -0.25) is 9.59 Å². The first-order valence-electron chi connectivity index (χ1n) is 5.43. The summed E-state index contributed by atoms with van der Waals surface area (Å²) in [4.78, 5) is 21.6. The van der Waals surface area contributed by atoms with E-state index in [1.807, 2.05) is 4.72 Å². The number of carboxylic acid groups (broad SMARTS) is 1. The zero-order valence-corrected chi connectivity index (χ0v) is 12.9. The Bertz CT molecular complexity index is 644. The van der Waals surface area contributed by atoms with Crippen LogP contribution in [-0.4, -0.2) is 31.4 Å². The van der Waals surface area contributed by atoms with Crippen LogP contribution in [0.15, 0.2) is 27.6 Å². The highest BCUT2D eigenvalue weighted by Crippen LogP contribution is 2.20. The number of sulfonamides is 1. The minimum Gasteiger partial charge on any atom is -0.480 e. The van der Waals surface area contributed by atoms with Crippen LogP contribution in [-0.2, 0) is 19.6 Å². The summed E-state index contributed by atoms with van der Waals surface area (Å²) in [6.07, 6.45) is -0.621. The van der Waals surface area contributed by atoms with E-state index in [0.29, 0.717) is 5.56 Å². The van der Waals surface area contributed by atoms with E-state index in [2.05, 4.69) is 15.9 Å². The van der Waals surface area contributed by atoms with E-state index in [1.54, 1.807) is 6.92 Å². The van der Waals surface area contributed by atoms with E-state index in [-0.39, 0.29) is 4.90 Å². The van der Waals surface area contributed by atoms with Gasteiger partial charge in [-0.05, 0) is 30.7 Å². The summed E-state index contributed by atoms with van der Waals surface area (Å²) in [7, 11) is -4.05. The number of benzene rings is 1. The number of hydrogen-bond acceptors (Lipinski definition) is 4. The average molecular weight is 365 g/mol. The second-order valence-corrected chi connectivity index (χ2v) is 6.66. The third kappa shape index (κ3) is 4.29. The van der Waals surface area contributed by atoms with Crippen molar-refractivity contribution in [1.29, 1.82) is 0 Å². The third-order valence-corrected chi connectivity index (χ3v) is 4.80. The molecule has 9 heteroatoms. The second kappa shape index (κ2) is 6.33. The normalized spacial score (nSPS) is 12.9. The number of primary amides is 1. The summed E-state index contributed by atoms with van der Waals surface area (Å²) >= 11 is 3.23. The summed E-state index contributed by atoms with van der Waals surface area (Å²) in [6, 6.07) is 2.65. The Morgan fingerprint density at radius 3 is 2.50 bits per heavy atom. The van der Waals surface area contributed by atoms with Crippen molar-refractivity contribution >= 4 is 37.8 Å². The topological polar surface area (TPSA) is 127 Å². The largest absolute Gasteiger partial charge is 0.480 e. The molecule has 1 atom stereocenters. The molecule has 110 valence electrons. The molecule has 0 unspecified atom stereocenters. The minimum absolute atomic E-state index is 0.0890. The third-order valence-electron chi connectivity index (χ3n) is 2.44. The number of carbonyl (C=O) groups excluding carboxylic acids is 1. The number of nitrogens with two attached hydrogens (primary N) is 1. The van der Waals surface area contributed by atoms with Crippen molar-refractivity contribution in [3.8, 4) is 0 Å². The van der Waals surface area contributed by atoms with E-state index in [9.17, 15) is 18.0 Å². The quantitative estimate of drug-likeness (QED) is 0.671. The molecule has 0 saturated carbocycles. The van der Waals surface area contributed by atoms with E-state index in [4.69, 9.17) is 10.8 Å². The monoisotopic (exact) mass is 364 g/mol. The molecule has 1 amide bonds. The van der Waals surface area contributed by atoms with Crippen LogP contribution in [0.4, 0.5) is 0 Å². The van der Waals surface area contributed by atoms with Gasteiger partial charge in [0.1, 0.15) is 6.04 Å². The Labute approximate surface area is 124 Å². The lowest BCUT2D eigenvalue weighted by Gasteiger charge is -2.13. The lowest BCUT2D eigenvalue weighted by Crippen LogP contribution is -2.43. The van der Waals surface area contributed by atoms with Crippen LogP contribution in [0.5, 0.6) is 0 Å². The van der Waals surface area contributed by atoms with Crippen molar-refractivity contribution in [3.63, 3.8) is 0 Å². The summed E-state index contributed by atoms with van der Waals surface area (Å²) in [5.41, 5.74) is 5.56. The molecule has 0 aromatic heterocycles. The van der Waals surface area contributed by atoms with Gasteiger partial charge in [-0.15, -0.1) is 0 Å². The minimum atomic E-state index is -4.05. The Hall–Kier alpha value is -1.45. The number of carboxylic acids is 1. The molecule has 0 saturated heterocycles. The van der Waals surface area contributed by atoms with Crippen LogP contribution in [0.2, 0.25) is 0 Å². The number of aryl methyl sites for hydroxylation is 1. The summed E-state index contributed by atoms with van der Waals surface area (Å²) in [5.74, 6) is -2.38. The molecule has 0 heterocycles. The first-order valence-corrected chi connectivity index (χ1v) is 7.70. The second-order valence-electron chi connectivity index (χ2n) is 4.09. The zero-order chi connectivity index (χ0) is 15.5. The summed E-state index contributed by atoms with van der Waals surface area (Å²) in [6.45, 7) is 1.70. The molecular formula is C11H13BrN2O5S. The fraction of sp³-hybridized carbons (Fsp3) is 0.273. The number of rotatable bonds is 6. The molecule has 4 N–H and O–H groups in total. The van der Waals surface area contributed by atoms with Gasteiger partial charge in [-0.2, -0.15) is 4.72 Å². The molecule has 0 radical (unpaired) electrons. The van der Waals surface area contributed by atoms with E-state index in [0.717, 1.165) is 4.47 Å². The number of nitrogens with one attached hydrogen (secondary N) is 1. The summed E-state index contributed by atoms with van der Waals surface area (Å²) < 4.78 is 26.8. The van der Waals surface area contributed by atoms with Crippen LogP contribution in [0.3, 0.4) is 0 Å². The fourth-order valence-corrected chi connectivity index (χ4v) is 2.94. The molecule has 0 aliphatic heterocycles. The van der Waals surface area contributed by atoms with Crippen LogP contribution in [0.25, 0.3) is 0 Å². The highest BCUT2D eigenvalue weighted by Gasteiger charge is 2.27. The molecule has 0 fully saturated rings. The highest BCUT2D eigenvalue weighted by atomic mass is 79.9. The average Bonchev–Trinajstić information content (AvgIpc) is 2.30. The summed E-state index contributed by atoms with van der Waals surface area (Å²) in [5, 5.41) is 8.89. The molecule has 0 aliphatic rings. The van der Waals surface area contributed by atoms with Crippen LogP contribution in [0.1, 0.15) is 12.0 Å². The molecule has 1 aromatic rings. The maximum Gasteiger partial charge on any atom is 0.322 e. The number of amides is 1. The smallest absolute Gasteiger partial charge is 0.322 e. The van der Waals surface area contributed by atoms with Crippen LogP contribution in [0, 0.1) is 6.92 Å². The maximum absolute atomic E-state index is 12.1. The van der Waals surface area contributed by atoms with Crippen LogP contribution < -0.4 is 10.5 Å². The number of carbonyl (C=O) groups is 2. The van der Waals surface area contributed by atoms with Crippen molar-refractivity contribution in [2.24, 2.45) is 5.73 Å². The lowest BCUT2D eigenvalue weighted by molar-refractivity contribution is -0.140. The fourth-order valence-electron chi connectivity index (χ4n) is 1.42. The van der Waals surface area contributed by atoms with Gasteiger partial charge in [0.2, 0.25) is 15.9 Å². The predicted molar refractivity (Wildman–Crippen MR) is 74.4 cm³/mol. The number of halogens is 1. The van der Waals surface area contributed by atoms with Crippen molar-refractivity contribution in [2.75, 3.05) is 0 Å². The molecule has 1 aromatic carbocycles. The highest BCUT2D eigenvalue weighted by molar-refractivity contribution is 9.10. The molecule has 20 heavy (non-hydrogen) atoms. The van der Waals surface area contributed by atoms with E-state index < -0.39 is 34.4 Å². The van der Waals surface area contributed by atoms with Gasteiger partial charge >= 0.3 is 5.97 Å². The van der Waals surface area contributed by atoms with Gasteiger partial charge < -0.3 is 10.8 Å². The van der Waals surface area contributed by atoms with Crippen molar-refractivity contribution in [3.05, 3.63) is 28.2 Å². The van der Waals surface area contributed by atoms with Crippen molar-refractivity contribution in [1.82, 2.24) is 4.72 Å². The van der Waals surface area contributed by atoms with E-state index in [1.165, 1.54) is 18.2 Å². The van der Waals surface area contributed by atoms with Gasteiger partial charge in [0.15, 0.2) is 0 Å². The Kier molecular flexibility index (Phi) is 5.26. The first kappa shape index (κ1) is 16.6. The first-order chi connectivity index (χ1) is 9.13. The van der Waals surface area contributed by atoms with Crippen LogP contribution >= 0.6 is 15.9 Å². The number of aliphatic carboxylic acids is 1. The van der Waals surface area contributed by atoms with Gasteiger partial charge in [0.05, 0.1) is 11.3 Å². The molecule has 0 spiro atoms. The Morgan fingerprint density at radius 1 is 1.45 bits per heavy atom. The van der Waals surface area contributed by atoms with Gasteiger partial charge in [0, 0.05) is 4.47 Å². The SMILES string of the molecule is Cc1cc(S(=O)(=O)N[C@H](CC(N)=O)C(=O)O)ccc1Br. The number of hydrogen-bond donors (Lipinski definition) is 3. The van der Waals surface area contributed by atoms with Crippen molar-refractivity contribution < 1.29 is 23.1 Å². The van der Waals surface area contributed by atoms with Gasteiger partial charge in [0.25, 0.3) is 0 Å². The molecule has 1 rings (SSSR count). The van der Waals surface area contributed by atoms with E-state index >= 15 is 0 Å². The Balaban J connectivity index is 3.06. The molecule has 7 nitrogen and oxygen atoms in total. The Morgan fingerprint density at radius 2 is 2.05 bits per heavy atom. The predicted octanol–water partition coefficient (Wildman–Crippen LogP) is 0.364. The zero-order valence-electron chi connectivity index (χ0n) is 10.5. The lowest BCUT2D eigenvalue weighted by atomic mass is 10.2.